The van der Waals surface area contributed by atoms with Crippen LogP contribution in [0.15, 0.2) is 18.2 Å². The standard InChI is InChI=1S/C7H6ClNO3/c8-5-3-4(12-7(10)11)1-2-6(5)9/h1-3H,9H2,(H,10,11). The van der Waals surface area contributed by atoms with Gasteiger partial charge in [-0.3, -0.25) is 0 Å². The van der Waals surface area contributed by atoms with Crippen LogP contribution in [0.5, 0.6) is 5.75 Å². The minimum atomic E-state index is -1.38. The summed E-state index contributed by atoms with van der Waals surface area (Å²) in [5.74, 6) is 0.154. The molecule has 0 aromatic heterocycles. The average Bonchev–Trinajstić information content (AvgIpc) is 1.96. The Bertz CT molecular complexity index is 314. The number of hydrogen-bond donors (Lipinski definition) is 2. The van der Waals surface area contributed by atoms with Crippen molar-refractivity contribution in [2.75, 3.05) is 5.73 Å². The first-order valence-corrected chi connectivity index (χ1v) is 3.43. The molecule has 0 spiro atoms. The molecule has 0 aliphatic rings. The fourth-order valence-corrected chi connectivity index (χ4v) is 0.843. The number of nitrogen functional groups attached to an aromatic ring is 1. The van der Waals surface area contributed by atoms with Gasteiger partial charge in [-0.1, -0.05) is 11.6 Å². The summed E-state index contributed by atoms with van der Waals surface area (Å²) in [6.07, 6.45) is -1.38. The van der Waals surface area contributed by atoms with Gasteiger partial charge >= 0.3 is 6.16 Å². The Balaban J connectivity index is 2.89. The van der Waals surface area contributed by atoms with Crippen molar-refractivity contribution in [1.82, 2.24) is 0 Å². The lowest BCUT2D eigenvalue weighted by Gasteiger charge is -2.01. The van der Waals surface area contributed by atoms with Gasteiger partial charge < -0.3 is 15.6 Å². The number of anilines is 1. The maximum absolute atomic E-state index is 10.1. The molecule has 0 bridgehead atoms. The van der Waals surface area contributed by atoms with Crippen LogP contribution in [0.2, 0.25) is 5.02 Å². The summed E-state index contributed by atoms with van der Waals surface area (Å²) in [7, 11) is 0. The normalized spacial score (nSPS) is 9.42. The minimum absolute atomic E-state index is 0.154. The van der Waals surface area contributed by atoms with Crippen molar-refractivity contribution in [3.05, 3.63) is 23.2 Å². The Morgan fingerprint density at radius 2 is 2.25 bits per heavy atom. The third kappa shape index (κ3) is 2.03. The molecule has 0 saturated carbocycles. The number of rotatable bonds is 1. The van der Waals surface area contributed by atoms with Gasteiger partial charge in [0.05, 0.1) is 10.7 Å². The molecule has 0 amide bonds. The molecule has 0 fully saturated rings. The zero-order chi connectivity index (χ0) is 9.14. The summed E-state index contributed by atoms with van der Waals surface area (Å²) in [6, 6.07) is 4.24. The van der Waals surface area contributed by atoms with Gasteiger partial charge in [0.15, 0.2) is 0 Å². The van der Waals surface area contributed by atoms with Gasteiger partial charge in [-0.05, 0) is 12.1 Å². The van der Waals surface area contributed by atoms with Crippen LogP contribution in [-0.4, -0.2) is 11.3 Å². The van der Waals surface area contributed by atoms with Crippen LogP contribution in [0.4, 0.5) is 10.5 Å². The van der Waals surface area contributed by atoms with E-state index in [0.29, 0.717) is 5.69 Å². The Morgan fingerprint density at radius 1 is 1.58 bits per heavy atom. The minimum Gasteiger partial charge on any atom is -0.449 e. The molecule has 0 radical (unpaired) electrons. The highest BCUT2D eigenvalue weighted by molar-refractivity contribution is 6.33. The molecule has 0 atom stereocenters. The van der Waals surface area contributed by atoms with E-state index < -0.39 is 6.16 Å². The van der Waals surface area contributed by atoms with E-state index in [-0.39, 0.29) is 10.8 Å². The Kier molecular flexibility index (Phi) is 2.40. The topological polar surface area (TPSA) is 72.5 Å². The second-order valence-electron chi connectivity index (χ2n) is 2.05. The number of hydrogen-bond acceptors (Lipinski definition) is 3. The van der Waals surface area contributed by atoms with E-state index in [4.69, 9.17) is 22.4 Å². The molecule has 0 aliphatic heterocycles. The van der Waals surface area contributed by atoms with Gasteiger partial charge in [-0.2, -0.15) is 0 Å². The first-order valence-electron chi connectivity index (χ1n) is 3.05. The molecule has 0 unspecified atom stereocenters. The number of nitrogens with two attached hydrogens (primary N) is 1. The quantitative estimate of drug-likeness (QED) is 0.401. The maximum atomic E-state index is 10.1. The van der Waals surface area contributed by atoms with Crippen LogP contribution in [0.25, 0.3) is 0 Å². The number of carboxylic acid groups (broad SMARTS) is 1. The van der Waals surface area contributed by atoms with Gasteiger partial charge in [0.1, 0.15) is 5.75 Å². The predicted molar refractivity (Wildman–Crippen MR) is 44.5 cm³/mol. The van der Waals surface area contributed by atoms with Crippen molar-refractivity contribution in [2.45, 2.75) is 0 Å². The monoisotopic (exact) mass is 187 g/mol. The van der Waals surface area contributed by atoms with Crippen molar-refractivity contribution in [3.63, 3.8) is 0 Å². The molecule has 0 aliphatic carbocycles. The van der Waals surface area contributed by atoms with Gasteiger partial charge in [0.25, 0.3) is 0 Å². The van der Waals surface area contributed by atoms with Crippen LogP contribution in [0.1, 0.15) is 0 Å². The molecule has 0 heterocycles. The first-order chi connectivity index (χ1) is 5.59. The molecule has 1 rings (SSSR count). The number of carbonyl (C=O) groups is 1. The highest BCUT2D eigenvalue weighted by Gasteiger charge is 2.02. The van der Waals surface area contributed by atoms with E-state index in [1.54, 1.807) is 0 Å². The van der Waals surface area contributed by atoms with Gasteiger partial charge in [0, 0.05) is 6.07 Å². The maximum Gasteiger partial charge on any atom is 0.511 e. The number of halogens is 1. The van der Waals surface area contributed by atoms with Crippen LogP contribution >= 0.6 is 11.6 Å². The Hall–Kier alpha value is -1.42. The Labute approximate surface area is 73.5 Å². The highest BCUT2D eigenvalue weighted by Crippen LogP contribution is 2.23. The van der Waals surface area contributed by atoms with Crippen LogP contribution in [-0.2, 0) is 0 Å². The zero-order valence-corrected chi connectivity index (χ0v) is 6.71. The number of benzene rings is 1. The molecule has 0 saturated heterocycles. The third-order valence-corrected chi connectivity index (χ3v) is 1.50. The van der Waals surface area contributed by atoms with Crippen molar-refractivity contribution in [3.8, 4) is 5.75 Å². The smallest absolute Gasteiger partial charge is 0.449 e. The fraction of sp³-hybridized carbons (Fsp3) is 0. The van der Waals surface area contributed by atoms with Crippen molar-refractivity contribution >= 4 is 23.4 Å². The van der Waals surface area contributed by atoms with E-state index >= 15 is 0 Å². The molecule has 1 aromatic carbocycles. The van der Waals surface area contributed by atoms with Crippen LogP contribution < -0.4 is 10.5 Å². The van der Waals surface area contributed by atoms with E-state index in [9.17, 15) is 4.79 Å². The zero-order valence-electron chi connectivity index (χ0n) is 5.95. The molecular weight excluding hydrogens is 182 g/mol. The SMILES string of the molecule is Nc1ccc(OC(=O)O)cc1Cl. The second-order valence-corrected chi connectivity index (χ2v) is 2.46. The van der Waals surface area contributed by atoms with Crippen molar-refractivity contribution in [2.24, 2.45) is 0 Å². The lowest BCUT2D eigenvalue weighted by atomic mass is 10.3. The molecule has 64 valence electrons. The van der Waals surface area contributed by atoms with Crippen molar-refractivity contribution in [1.29, 1.82) is 0 Å². The van der Waals surface area contributed by atoms with Crippen LogP contribution in [0.3, 0.4) is 0 Å². The van der Waals surface area contributed by atoms with E-state index in [0.717, 1.165) is 0 Å². The summed E-state index contributed by atoms with van der Waals surface area (Å²) in [5.41, 5.74) is 5.77. The molecule has 4 nitrogen and oxygen atoms in total. The van der Waals surface area contributed by atoms with Gasteiger partial charge in [-0.15, -0.1) is 0 Å². The summed E-state index contributed by atoms with van der Waals surface area (Å²) in [4.78, 5) is 10.1. The van der Waals surface area contributed by atoms with E-state index in [1.807, 2.05) is 0 Å². The largest absolute Gasteiger partial charge is 0.511 e. The highest BCUT2D eigenvalue weighted by atomic mass is 35.5. The Morgan fingerprint density at radius 3 is 2.75 bits per heavy atom. The van der Waals surface area contributed by atoms with E-state index in [2.05, 4.69) is 4.74 Å². The lowest BCUT2D eigenvalue weighted by molar-refractivity contribution is 0.144. The fourth-order valence-electron chi connectivity index (χ4n) is 0.672. The lowest BCUT2D eigenvalue weighted by Crippen LogP contribution is -2.02. The first kappa shape index (κ1) is 8.67. The summed E-state index contributed by atoms with van der Waals surface area (Å²) >= 11 is 5.60. The van der Waals surface area contributed by atoms with Crippen molar-refractivity contribution < 1.29 is 14.6 Å². The molecule has 1 aromatic rings. The summed E-state index contributed by atoms with van der Waals surface area (Å²) < 4.78 is 4.33. The molecule has 5 heteroatoms. The third-order valence-electron chi connectivity index (χ3n) is 1.18. The number of ether oxygens (including phenoxy) is 1. The van der Waals surface area contributed by atoms with E-state index in [1.165, 1.54) is 18.2 Å². The predicted octanol–water partition coefficient (Wildman–Crippen LogP) is 1.98. The molecule has 12 heavy (non-hydrogen) atoms. The summed E-state index contributed by atoms with van der Waals surface area (Å²) in [6.45, 7) is 0. The second kappa shape index (κ2) is 3.32. The van der Waals surface area contributed by atoms with Gasteiger partial charge in [-0.25, -0.2) is 4.79 Å². The van der Waals surface area contributed by atoms with Crippen LogP contribution in [0, 0.1) is 0 Å². The van der Waals surface area contributed by atoms with Gasteiger partial charge in [0.2, 0.25) is 0 Å². The molecular formula is C7H6ClNO3. The average molecular weight is 188 g/mol. The summed E-state index contributed by atoms with van der Waals surface area (Å²) in [5, 5.41) is 8.50. The molecule has 3 N–H and O–H groups in total.